The average molecular weight is 257 g/mol. The van der Waals surface area contributed by atoms with Crippen LogP contribution in [-0.2, 0) is 19.9 Å². The monoisotopic (exact) mass is 257 g/mol. The molecule has 2 aromatic rings. The van der Waals surface area contributed by atoms with Gasteiger partial charge in [0.15, 0.2) is 0 Å². The van der Waals surface area contributed by atoms with E-state index < -0.39 is 0 Å². The molecule has 19 heavy (non-hydrogen) atoms. The van der Waals surface area contributed by atoms with Gasteiger partial charge in [0.25, 0.3) is 0 Å². The molecule has 1 aliphatic rings. The molecule has 0 aliphatic carbocycles. The van der Waals surface area contributed by atoms with Gasteiger partial charge in [-0.2, -0.15) is 5.10 Å². The SMILES string of the molecule is Cn1nccc1CCC1(N)COc2ccccc2C1. The number of hydrogen-bond donors (Lipinski definition) is 1. The van der Waals surface area contributed by atoms with Crippen LogP contribution in [0.3, 0.4) is 0 Å². The van der Waals surface area contributed by atoms with Crippen LogP contribution >= 0.6 is 0 Å². The van der Waals surface area contributed by atoms with Crippen molar-refractivity contribution in [2.45, 2.75) is 24.8 Å². The molecule has 1 unspecified atom stereocenters. The molecule has 0 amide bonds. The number of fused-ring (bicyclic) bond motifs is 1. The molecule has 2 heterocycles. The number of rotatable bonds is 3. The predicted molar refractivity (Wildman–Crippen MR) is 74.1 cm³/mol. The van der Waals surface area contributed by atoms with E-state index in [0.29, 0.717) is 6.61 Å². The molecule has 1 aromatic heterocycles. The van der Waals surface area contributed by atoms with Crippen LogP contribution in [0.5, 0.6) is 5.75 Å². The van der Waals surface area contributed by atoms with Crippen molar-refractivity contribution < 1.29 is 4.74 Å². The molecule has 0 radical (unpaired) electrons. The molecule has 0 saturated heterocycles. The van der Waals surface area contributed by atoms with Gasteiger partial charge in [-0.15, -0.1) is 0 Å². The quantitative estimate of drug-likeness (QED) is 0.910. The van der Waals surface area contributed by atoms with Crippen molar-refractivity contribution in [2.24, 2.45) is 12.8 Å². The number of aryl methyl sites for hydroxylation is 2. The van der Waals surface area contributed by atoms with E-state index in [-0.39, 0.29) is 5.54 Å². The highest BCUT2D eigenvalue weighted by Gasteiger charge is 2.31. The maximum absolute atomic E-state index is 6.49. The molecule has 0 bridgehead atoms. The number of nitrogens with zero attached hydrogens (tertiary/aromatic N) is 2. The molecular formula is C15H19N3O. The molecule has 100 valence electrons. The van der Waals surface area contributed by atoms with Crippen molar-refractivity contribution in [1.82, 2.24) is 9.78 Å². The maximum Gasteiger partial charge on any atom is 0.122 e. The Morgan fingerprint density at radius 1 is 1.37 bits per heavy atom. The number of nitrogens with two attached hydrogens (primary N) is 1. The second-order valence-electron chi connectivity index (χ2n) is 5.38. The summed E-state index contributed by atoms with van der Waals surface area (Å²) in [4.78, 5) is 0. The number of benzene rings is 1. The summed E-state index contributed by atoms with van der Waals surface area (Å²) in [6.45, 7) is 0.585. The molecule has 1 aliphatic heterocycles. The lowest BCUT2D eigenvalue weighted by Crippen LogP contribution is -2.50. The fourth-order valence-electron chi connectivity index (χ4n) is 2.63. The minimum absolute atomic E-state index is 0.279. The fourth-order valence-corrected chi connectivity index (χ4v) is 2.63. The van der Waals surface area contributed by atoms with Crippen LogP contribution in [0.1, 0.15) is 17.7 Å². The molecule has 1 atom stereocenters. The topological polar surface area (TPSA) is 53.1 Å². The molecule has 0 fully saturated rings. The van der Waals surface area contributed by atoms with Crippen LogP contribution in [0.15, 0.2) is 36.5 Å². The van der Waals surface area contributed by atoms with Gasteiger partial charge in [-0.25, -0.2) is 0 Å². The van der Waals surface area contributed by atoms with E-state index in [9.17, 15) is 0 Å². The second kappa shape index (κ2) is 4.70. The van der Waals surface area contributed by atoms with E-state index in [1.165, 1.54) is 11.3 Å². The number of aromatic nitrogens is 2. The Bertz CT molecular complexity index is 578. The highest BCUT2D eigenvalue weighted by atomic mass is 16.5. The van der Waals surface area contributed by atoms with E-state index in [1.807, 2.05) is 42.2 Å². The number of hydrogen-bond acceptors (Lipinski definition) is 3. The Balaban J connectivity index is 1.70. The first-order valence-electron chi connectivity index (χ1n) is 6.63. The first kappa shape index (κ1) is 12.2. The van der Waals surface area contributed by atoms with Gasteiger partial charge in [0.2, 0.25) is 0 Å². The highest BCUT2D eigenvalue weighted by Crippen LogP contribution is 2.30. The van der Waals surface area contributed by atoms with Crippen molar-refractivity contribution >= 4 is 0 Å². The number of ether oxygens (including phenoxy) is 1. The minimum Gasteiger partial charge on any atom is -0.491 e. The Kier molecular flexibility index (Phi) is 3.03. The maximum atomic E-state index is 6.49. The van der Waals surface area contributed by atoms with Gasteiger partial charge in [0, 0.05) is 18.9 Å². The molecule has 0 saturated carbocycles. The summed E-state index contributed by atoms with van der Waals surface area (Å²) >= 11 is 0. The third kappa shape index (κ3) is 2.49. The van der Waals surface area contributed by atoms with Crippen LogP contribution in [0.2, 0.25) is 0 Å². The van der Waals surface area contributed by atoms with Crippen molar-refractivity contribution in [2.75, 3.05) is 6.61 Å². The zero-order valence-electron chi connectivity index (χ0n) is 11.2. The minimum atomic E-state index is -0.279. The van der Waals surface area contributed by atoms with Gasteiger partial charge in [-0.3, -0.25) is 4.68 Å². The number of para-hydroxylation sites is 1. The van der Waals surface area contributed by atoms with Gasteiger partial charge in [0.05, 0.1) is 5.54 Å². The van der Waals surface area contributed by atoms with Crippen LogP contribution in [0.4, 0.5) is 0 Å². The van der Waals surface area contributed by atoms with Gasteiger partial charge in [-0.1, -0.05) is 18.2 Å². The van der Waals surface area contributed by atoms with Crippen molar-refractivity contribution in [1.29, 1.82) is 0 Å². The van der Waals surface area contributed by atoms with Crippen molar-refractivity contribution in [3.05, 3.63) is 47.8 Å². The third-order valence-corrected chi connectivity index (χ3v) is 3.83. The Hall–Kier alpha value is -1.81. The lowest BCUT2D eigenvalue weighted by atomic mass is 9.85. The van der Waals surface area contributed by atoms with Crippen molar-refractivity contribution in [3.63, 3.8) is 0 Å². The van der Waals surface area contributed by atoms with E-state index in [2.05, 4.69) is 11.2 Å². The fraction of sp³-hybridized carbons (Fsp3) is 0.400. The zero-order chi connectivity index (χ0) is 13.3. The molecule has 1 aromatic carbocycles. The molecule has 4 heteroatoms. The summed E-state index contributed by atoms with van der Waals surface area (Å²) in [6, 6.07) is 10.2. The third-order valence-electron chi connectivity index (χ3n) is 3.83. The van der Waals surface area contributed by atoms with E-state index in [0.717, 1.165) is 25.0 Å². The second-order valence-corrected chi connectivity index (χ2v) is 5.38. The first-order chi connectivity index (χ1) is 9.16. The van der Waals surface area contributed by atoms with E-state index in [4.69, 9.17) is 10.5 Å². The van der Waals surface area contributed by atoms with Gasteiger partial charge in [-0.05, 0) is 37.0 Å². The summed E-state index contributed by atoms with van der Waals surface area (Å²) in [5.74, 6) is 0.976. The Morgan fingerprint density at radius 3 is 3.00 bits per heavy atom. The van der Waals surface area contributed by atoms with Gasteiger partial charge < -0.3 is 10.5 Å². The van der Waals surface area contributed by atoms with Crippen LogP contribution in [0.25, 0.3) is 0 Å². The van der Waals surface area contributed by atoms with Crippen LogP contribution in [0, 0.1) is 0 Å². The smallest absolute Gasteiger partial charge is 0.122 e. The highest BCUT2D eigenvalue weighted by molar-refractivity contribution is 5.37. The zero-order valence-corrected chi connectivity index (χ0v) is 11.2. The molecule has 2 N–H and O–H groups in total. The predicted octanol–water partition coefficient (Wildman–Crippen LogP) is 1.69. The average Bonchev–Trinajstić information content (AvgIpc) is 2.82. The largest absolute Gasteiger partial charge is 0.491 e. The first-order valence-corrected chi connectivity index (χ1v) is 6.63. The summed E-state index contributed by atoms with van der Waals surface area (Å²) in [5.41, 5.74) is 8.63. The normalized spacial score (nSPS) is 21.8. The molecule has 4 nitrogen and oxygen atoms in total. The van der Waals surface area contributed by atoms with Gasteiger partial charge >= 0.3 is 0 Å². The summed E-state index contributed by atoms with van der Waals surface area (Å²) in [7, 11) is 1.96. The lowest BCUT2D eigenvalue weighted by molar-refractivity contribution is 0.181. The van der Waals surface area contributed by atoms with Crippen molar-refractivity contribution in [3.8, 4) is 5.75 Å². The lowest BCUT2D eigenvalue weighted by Gasteiger charge is -2.34. The Morgan fingerprint density at radius 2 is 2.21 bits per heavy atom. The molecule has 3 rings (SSSR count). The van der Waals surface area contributed by atoms with Gasteiger partial charge in [0.1, 0.15) is 12.4 Å². The standard InChI is InChI=1S/C15H19N3O/c1-18-13(7-9-17-18)6-8-15(16)10-12-4-2-3-5-14(12)19-11-15/h2-5,7,9H,6,8,10-11,16H2,1H3. The molecule has 0 spiro atoms. The molecular weight excluding hydrogens is 238 g/mol. The van der Waals surface area contributed by atoms with Crippen LogP contribution in [-0.4, -0.2) is 21.9 Å². The summed E-state index contributed by atoms with van der Waals surface area (Å²) < 4.78 is 7.70. The Labute approximate surface area is 113 Å². The van der Waals surface area contributed by atoms with Crippen LogP contribution < -0.4 is 10.5 Å². The van der Waals surface area contributed by atoms with E-state index >= 15 is 0 Å². The summed E-state index contributed by atoms with van der Waals surface area (Å²) in [6.07, 6.45) is 4.53. The summed E-state index contributed by atoms with van der Waals surface area (Å²) in [5, 5.41) is 4.18. The van der Waals surface area contributed by atoms with E-state index in [1.54, 1.807) is 0 Å².